The van der Waals surface area contributed by atoms with E-state index in [1.165, 1.54) is 0 Å². The molecule has 0 saturated carbocycles. The second kappa shape index (κ2) is 4.88. The van der Waals surface area contributed by atoms with Gasteiger partial charge in [0.1, 0.15) is 18.8 Å². The summed E-state index contributed by atoms with van der Waals surface area (Å²) in [4.78, 5) is 13.4. The average molecular weight is 230 g/mol. The molecule has 17 heavy (non-hydrogen) atoms. The molecule has 1 amide bonds. The maximum Gasteiger partial charge on any atom is 0.237 e. The third-order valence-corrected chi connectivity index (χ3v) is 2.78. The van der Waals surface area contributed by atoms with Crippen molar-refractivity contribution in [3.05, 3.63) is 29.3 Å². The van der Waals surface area contributed by atoms with E-state index < -0.39 is 0 Å². The van der Waals surface area contributed by atoms with Crippen molar-refractivity contribution in [3.8, 4) is 11.8 Å². The van der Waals surface area contributed by atoms with Gasteiger partial charge in [-0.3, -0.25) is 4.79 Å². The molecule has 0 unspecified atom stereocenters. The number of aryl methyl sites for hydroxylation is 1. The zero-order valence-electron chi connectivity index (χ0n) is 9.77. The Balaban J connectivity index is 2.22. The molecule has 4 nitrogen and oxygen atoms in total. The van der Waals surface area contributed by atoms with Crippen LogP contribution >= 0.6 is 0 Å². The van der Waals surface area contributed by atoms with Crippen molar-refractivity contribution in [2.45, 2.75) is 19.9 Å². The van der Waals surface area contributed by atoms with Crippen LogP contribution in [-0.4, -0.2) is 24.0 Å². The van der Waals surface area contributed by atoms with Crippen LogP contribution in [-0.2, 0) is 11.3 Å². The van der Waals surface area contributed by atoms with E-state index in [4.69, 9.17) is 10.00 Å². The fraction of sp³-hybridized carbons (Fsp3) is 0.385. The number of hydrogen-bond donors (Lipinski definition) is 0. The molecule has 0 aromatic heterocycles. The van der Waals surface area contributed by atoms with E-state index in [0.717, 1.165) is 16.9 Å². The van der Waals surface area contributed by atoms with Crippen molar-refractivity contribution in [2.75, 3.05) is 13.2 Å². The highest BCUT2D eigenvalue weighted by Gasteiger charge is 2.19. The minimum Gasteiger partial charge on any atom is -0.491 e. The van der Waals surface area contributed by atoms with E-state index in [-0.39, 0.29) is 12.3 Å². The summed E-state index contributed by atoms with van der Waals surface area (Å²) >= 11 is 0. The van der Waals surface area contributed by atoms with Crippen molar-refractivity contribution in [1.82, 2.24) is 4.90 Å². The summed E-state index contributed by atoms with van der Waals surface area (Å²) in [7, 11) is 0. The lowest BCUT2D eigenvalue weighted by Gasteiger charge is -2.18. The number of rotatable bonds is 1. The zero-order chi connectivity index (χ0) is 12.3. The molecule has 2 rings (SSSR count). The summed E-state index contributed by atoms with van der Waals surface area (Å²) in [6.45, 7) is 3.55. The fourth-order valence-corrected chi connectivity index (χ4v) is 1.92. The Kier molecular flexibility index (Phi) is 3.29. The minimum atomic E-state index is -0.134. The Hall–Kier alpha value is -2.02. The number of carbonyl (C=O) groups excluding carboxylic acids is 1. The number of amides is 1. The Morgan fingerprint density at radius 2 is 2.41 bits per heavy atom. The monoisotopic (exact) mass is 230 g/mol. The van der Waals surface area contributed by atoms with Gasteiger partial charge in [-0.05, 0) is 13.0 Å². The summed E-state index contributed by atoms with van der Waals surface area (Å²) in [5.74, 6) is 0.702. The Morgan fingerprint density at radius 3 is 3.18 bits per heavy atom. The highest BCUT2D eigenvalue weighted by atomic mass is 16.5. The number of ether oxygens (including phenoxy) is 1. The van der Waals surface area contributed by atoms with E-state index in [1.807, 2.05) is 31.2 Å². The normalized spacial score (nSPS) is 14.2. The summed E-state index contributed by atoms with van der Waals surface area (Å²) < 4.78 is 5.59. The lowest BCUT2D eigenvalue weighted by molar-refractivity contribution is -0.130. The van der Waals surface area contributed by atoms with Crippen LogP contribution in [0.3, 0.4) is 0 Å². The first-order chi connectivity index (χ1) is 8.20. The molecule has 1 heterocycles. The van der Waals surface area contributed by atoms with Crippen LogP contribution in [0.25, 0.3) is 0 Å². The molecular weight excluding hydrogens is 216 g/mol. The summed E-state index contributed by atoms with van der Waals surface area (Å²) in [5.41, 5.74) is 2.15. The molecule has 0 bridgehead atoms. The summed E-state index contributed by atoms with van der Waals surface area (Å²) in [6.07, 6.45) is -0.0683. The second-order valence-electron chi connectivity index (χ2n) is 4.11. The first kappa shape index (κ1) is 11.5. The Morgan fingerprint density at radius 1 is 1.59 bits per heavy atom. The molecule has 0 atom stereocenters. The van der Waals surface area contributed by atoms with Crippen LogP contribution in [0, 0.1) is 18.3 Å². The number of fused-ring (bicyclic) bond motifs is 1. The number of hydrogen-bond acceptors (Lipinski definition) is 3. The van der Waals surface area contributed by atoms with Gasteiger partial charge in [-0.15, -0.1) is 0 Å². The smallest absolute Gasteiger partial charge is 0.237 e. The number of carbonyl (C=O) groups is 1. The van der Waals surface area contributed by atoms with Gasteiger partial charge in [-0.2, -0.15) is 5.26 Å². The molecule has 1 aromatic carbocycles. The van der Waals surface area contributed by atoms with Crippen molar-refractivity contribution < 1.29 is 9.53 Å². The van der Waals surface area contributed by atoms with Gasteiger partial charge in [0, 0.05) is 12.1 Å². The van der Waals surface area contributed by atoms with E-state index in [9.17, 15) is 4.79 Å². The third kappa shape index (κ3) is 2.56. The lowest BCUT2D eigenvalue weighted by Crippen LogP contribution is -2.31. The maximum atomic E-state index is 11.7. The molecule has 0 fully saturated rings. The molecule has 1 aliphatic heterocycles. The van der Waals surface area contributed by atoms with Crippen LogP contribution in [0.2, 0.25) is 0 Å². The standard InChI is InChI=1S/C13H14N2O2/c1-10-2-3-12-11(8-10)9-15(6-7-17-12)13(16)4-5-14/h2-3,8H,4,6-7,9H2,1H3. The van der Waals surface area contributed by atoms with Gasteiger partial charge in [-0.1, -0.05) is 17.7 Å². The predicted octanol–water partition coefficient (Wildman–Crippen LogP) is 1.63. The van der Waals surface area contributed by atoms with Crippen molar-refractivity contribution >= 4 is 5.91 Å². The molecule has 88 valence electrons. The number of nitrogens with zero attached hydrogens (tertiary/aromatic N) is 2. The van der Waals surface area contributed by atoms with Gasteiger partial charge in [-0.25, -0.2) is 0 Å². The number of nitriles is 1. The second-order valence-corrected chi connectivity index (χ2v) is 4.11. The van der Waals surface area contributed by atoms with Crippen LogP contribution in [0.4, 0.5) is 0 Å². The van der Waals surface area contributed by atoms with Gasteiger partial charge in [0.15, 0.2) is 0 Å². The van der Waals surface area contributed by atoms with Gasteiger partial charge in [0.05, 0.1) is 12.6 Å². The van der Waals surface area contributed by atoms with E-state index in [1.54, 1.807) is 4.90 Å². The molecule has 0 radical (unpaired) electrons. The van der Waals surface area contributed by atoms with Crippen LogP contribution < -0.4 is 4.74 Å². The Bertz CT molecular complexity index is 477. The van der Waals surface area contributed by atoms with Crippen molar-refractivity contribution in [2.24, 2.45) is 0 Å². The molecule has 1 aliphatic rings. The minimum absolute atomic E-state index is 0.0683. The van der Waals surface area contributed by atoms with Crippen LogP contribution in [0.5, 0.6) is 5.75 Å². The molecular formula is C13H14N2O2. The quantitative estimate of drug-likeness (QED) is 0.736. The Labute approximate surface area is 100 Å². The van der Waals surface area contributed by atoms with Gasteiger partial charge < -0.3 is 9.64 Å². The lowest BCUT2D eigenvalue weighted by atomic mass is 10.1. The van der Waals surface area contributed by atoms with Gasteiger partial charge in [0.2, 0.25) is 5.91 Å². The summed E-state index contributed by atoms with van der Waals surface area (Å²) in [5, 5.41) is 8.55. The molecule has 1 aromatic rings. The maximum absolute atomic E-state index is 11.7. The molecule has 0 saturated heterocycles. The molecule has 0 aliphatic carbocycles. The average Bonchev–Trinajstić information content (AvgIpc) is 2.50. The highest BCUT2D eigenvalue weighted by Crippen LogP contribution is 2.24. The largest absolute Gasteiger partial charge is 0.491 e. The highest BCUT2D eigenvalue weighted by molar-refractivity contribution is 5.78. The molecule has 0 spiro atoms. The first-order valence-corrected chi connectivity index (χ1v) is 5.58. The fourth-order valence-electron chi connectivity index (χ4n) is 1.92. The topological polar surface area (TPSA) is 53.3 Å². The van der Waals surface area contributed by atoms with Crippen molar-refractivity contribution in [1.29, 1.82) is 5.26 Å². The number of benzene rings is 1. The molecule has 4 heteroatoms. The van der Waals surface area contributed by atoms with E-state index in [2.05, 4.69) is 0 Å². The van der Waals surface area contributed by atoms with E-state index >= 15 is 0 Å². The molecule has 0 N–H and O–H groups in total. The van der Waals surface area contributed by atoms with Crippen LogP contribution in [0.1, 0.15) is 17.5 Å². The zero-order valence-corrected chi connectivity index (χ0v) is 9.77. The first-order valence-electron chi connectivity index (χ1n) is 5.58. The van der Waals surface area contributed by atoms with Crippen molar-refractivity contribution in [3.63, 3.8) is 0 Å². The van der Waals surface area contributed by atoms with Crippen LogP contribution in [0.15, 0.2) is 18.2 Å². The SMILES string of the molecule is Cc1ccc2c(c1)CN(C(=O)CC#N)CCO2. The van der Waals surface area contributed by atoms with Gasteiger partial charge >= 0.3 is 0 Å². The predicted molar refractivity (Wildman–Crippen MR) is 62.3 cm³/mol. The van der Waals surface area contributed by atoms with E-state index in [0.29, 0.717) is 19.7 Å². The van der Waals surface area contributed by atoms with Gasteiger partial charge in [0.25, 0.3) is 0 Å². The summed E-state index contributed by atoms with van der Waals surface area (Å²) in [6, 6.07) is 7.83. The third-order valence-electron chi connectivity index (χ3n) is 2.78.